The average Bonchev–Trinajstić information content (AvgIpc) is 1.31. The van der Waals surface area contributed by atoms with Gasteiger partial charge >= 0.3 is 0 Å². The van der Waals surface area contributed by atoms with Gasteiger partial charge in [0.1, 0.15) is 0 Å². The fourth-order valence-corrected chi connectivity index (χ4v) is 0. The molecule has 0 N–H and O–H groups in total. The molecule has 0 aliphatic rings. The summed E-state index contributed by atoms with van der Waals surface area (Å²) in [6.07, 6.45) is 1.10. The molecule has 0 saturated carbocycles. The van der Waals surface area contributed by atoms with Gasteiger partial charge in [0.25, 0.3) is 0 Å². The Hall–Kier alpha value is -0.0900. The van der Waals surface area contributed by atoms with E-state index in [1.165, 1.54) is 7.05 Å². The second kappa shape index (κ2) is 1.79. The summed E-state index contributed by atoms with van der Waals surface area (Å²) in [5.41, 5.74) is 0. The third-order valence-corrected chi connectivity index (χ3v) is 1.70. The Morgan fingerprint density at radius 1 is 1.57 bits per heavy atom. The van der Waals surface area contributed by atoms with E-state index in [9.17, 15) is 8.42 Å². The molecule has 7 heavy (non-hydrogen) atoms. The number of rotatable bonds is 1. The molecular formula is C3H8NO2S. The highest BCUT2D eigenvalue weighted by molar-refractivity contribution is 7.88. The molecule has 0 aliphatic heterocycles. The molecule has 0 saturated heterocycles. The van der Waals surface area contributed by atoms with Crippen molar-refractivity contribution in [3.05, 3.63) is 7.05 Å². The minimum atomic E-state index is -3.02. The molecule has 4 heteroatoms. The Labute approximate surface area is 44.0 Å². The Bertz CT molecular complexity index is 135. The van der Waals surface area contributed by atoms with Gasteiger partial charge < -0.3 is 0 Å². The van der Waals surface area contributed by atoms with Crippen LogP contribution < -0.4 is 0 Å². The van der Waals surface area contributed by atoms with Crippen molar-refractivity contribution in [3.63, 3.8) is 0 Å². The standard InChI is InChI=1S/C3H8NO2S/c1-4(2)7(3,5)6/h1H2,2-3H3. The van der Waals surface area contributed by atoms with Gasteiger partial charge in [-0.15, -0.1) is 0 Å². The summed E-state index contributed by atoms with van der Waals surface area (Å²) in [7, 11) is 1.52. The summed E-state index contributed by atoms with van der Waals surface area (Å²) in [6.45, 7) is 0. The van der Waals surface area contributed by atoms with Gasteiger partial charge in [-0.05, 0) is 0 Å². The van der Waals surface area contributed by atoms with Gasteiger partial charge in [0.2, 0.25) is 10.0 Å². The Kier molecular flexibility index (Phi) is 1.77. The van der Waals surface area contributed by atoms with Crippen LogP contribution in [0, 0.1) is 7.05 Å². The number of hydrogen-bond acceptors (Lipinski definition) is 2. The maximum Gasteiger partial charge on any atom is 0.210 e. The van der Waals surface area contributed by atoms with Crippen molar-refractivity contribution in [2.75, 3.05) is 13.3 Å². The van der Waals surface area contributed by atoms with Crippen molar-refractivity contribution in [2.24, 2.45) is 0 Å². The molecule has 0 rings (SSSR count). The molecule has 0 aliphatic carbocycles. The molecule has 0 amide bonds. The zero-order chi connectivity index (χ0) is 6.08. The lowest BCUT2D eigenvalue weighted by atomic mass is 11.3. The molecule has 0 aromatic rings. The molecule has 0 bridgehead atoms. The van der Waals surface area contributed by atoms with Crippen molar-refractivity contribution in [1.82, 2.24) is 4.31 Å². The average molecular weight is 122 g/mol. The highest BCUT2D eigenvalue weighted by atomic mass is 32.2. The highest BCUT2D eigenvalue weighted by Gasteiger charge is 2.01. The number of hydrogen-bond donors (Lipinski definition) is 0. The number of nitrogens with zero attached hydrogens (tertiary/aromatic N) is 1. The fourth-order valence-electron chi connectivity index (χ4n) is 0. The van der Waals surface area contributed by atoms with Gasteiger partial charge in [0.05, 0.1) is 6.26 Å². The van der Waals surface area contributed by atoms with E-state index in [4.69, 9.17) is 0 Å². The predicted molar refractivity (Wildman–Crippen MR) is 28.0 cm³/mol. The van der Waals surface area contributed by atoms with E-state index in [0.717, 1.165) is 10.6 Å². The quantitative estimate of drug-likeness (QED) is 0.477. The Morgan fingerprint density at radius 3 is 1.71 bits per heavy atom. The summed E-state index contributed by atoms with van der Waals surface area (Å²) in [5.74, 6) is 0. The summed E-state index contributed by atoms with van der Waals surface area (Å²) in [6, 6.07) is 0. The van der Waals surface area contributed by atoms with E-state index in [-0.39, 0.29) is 0 Å². The zero-order valence-corrected chi connectivity index (χ0v) is 5.20. The smallest absolute Gasteiger partial charge is 0.210 e. The molecule has 0 atom stereocenters. The molecule has 0 aromatic carbocycles. The maximum absolute atomic E-state index is 10.2. The van der Waals surface area contributed by atoms with Gasteiger partial charge in [-0.2, -0.15) is 0 Å². The highest BCUT2D eigenvalue weighted by Crippen LogP contribution is 1.85. The minimum absolute atomic E-state index is 0.910. The summed E-state index contributed by atoms with van der Waals surface area (Å²) in [4.78, 5) is 0. The summed E-state index contributed by atoms with van der Waals surface area (Å²) in [5, 5.41) is 0. The maximum atomic E-state index is 10.2. The van der Waals surface area contributed by atoms with Crippen molar-refractivity contribution in [3.8, 4) is 0 Å². The van der Waals surface area contributed by atoms with Crippen molar-refractivity contribution >= 4 is 10.0 Å². The van der Waals surface area contributed by atoms with Gasteiger partial charge in [0, 0.05) is 14.1 Å². The summed E-state index contributed by atoms with van der Waals surface area (Å²) >= 11 is 0. The Balaban J connectivity index is 4.10. The minimum Gasteiger partial charge on any atom is -0.213 e. The lowest BCUT2D eigenvalue weighted by Gasteiger charge is -2.02. The first-order chi connectivity index (χ1) is 2.94. The van der Waals surface area contributed by atoms with Crippen LogP contribution >= 0.6 is 0 Å². The van der Waals surface area contributed by atoms with Gasteiger partial charge in [0.15, 0.2) is 0 Å². The zero-order valence-electron chi connectivity index (χ0n) is 4.38. The normalized spacial score (nSPS) is 12.6. The molecule has 0 spiro atoms. The summed E-state index contributed by atoms with van der Waals surface area (Å²) < 4.78 is 21.3. The van der Waals surface area contributed by atoms with E-state index < -0.39 is 10.0 Å². The van der Waals surface area contributed by atoms with Crippen LogP contribution in [-0.4, -0.2) is 26.0 Å². The van der Waals surface area contributed by atoms with Crippen LogP contribution in [0.4, 0.5) is 0 Å². The van der Waals surface area contributed by atoms with Crippen LogP contribution in [0.2, 0.25) is 0 Å². The fraction of sp³-hybridized carbons (Fsp3) is 0.667. The molecule has 0 aromatic heterocycles. The monoisotopic (exact) mass is 122 g/mol. The van der Waals surface area contributed by atoms with Crippen LogP contribution in [0.5, 0.6) is 0 Å². The topological polar surface area (TPSA) is 37.4 Å². The van der Waals surface area contributed by atoms with E-state index in [0.29, 0.717) is 0 Å². The first-order valence-corrected chi connectivity index (χ1v) is 3.54. The molecule has 1 radical (unpaired) electrons. The van der Waals surface area contributed by atoms with Crippen LogP contribution in [0.3, 0.4) is 0 Å². The molecular weight excluding hydrogens is 114 g/mol. The van der Waals surface area contributed by atoms with Crippen molar-refractivity contribution < 1.29 is 8.42 Å². The second-order valence-electron chi connectivity index (χ2n) is 1.36. The lowest BCUT2D eigenvalue weighted by molar-refractivity contribution is 0.544. The van der Waals surface area contributed by atoms with Crippen molar-refractivity contribution in [1.29, 1.82) is 0 Å². The van der Waals surface area contributed by atoms with Gasteiger partial charge in [-0.1, -0.05) is 0 Å². The Morgan fingerprint density at radius 2 is 1.71 bits per heavy atom. The second-order valence-corrected chi connectivity index (χ2v) is 3.45. The van der Waals surface area contributed by atoms with E-state index >= 15 is 0 Å². The first-order valence-electron chi connectivity index (χ1n) is 1.69. The van der Waals surface area contributed by atoms with Gasteiger partial charge in [-0.25, -0.2) is 12.7 Å². The third kappa shape index (κ3) is 2.59. The van der Waals surface area contributed by atoms with Crippen LogP contribution in [-0.2, 0) is 10.0 Å². The molecule has 0 fully saturated rings. The predicted octanol–water partition coefficient (Wildman–Crippen LogP) is -0.331. The SMILES string of the molecule is [CH2]N(C)S(C)(=O)=O. The third-order valence-electron chi connectivity index (χ3n) is 0.566. The first kappa shape index (κ1) is 6.91. The molecule has 0 heterocycles. The van der Waals surface area contributed by atoms with Gasteiger partial charge in [-0.3, -0.25) is 0 Å². The molecule has 0 unspecified atom stereocenters. The van der Waals surface area contributed by atoms with Crippen LogP contribution in [0.25, 0.3) is 0 Å². The molecule has 3 nitrogen and oxygen atoms in total. The molecule has 43 valence electrons. The van der Waals surface area contributed by atoms with E-state index in [1.807, 2.05) is 0 Å². The number of sulfonamides is 1. The lowest BCUT2D eigenvalue weighted by Crippen LogP contribution is -2.17. The van der Waals surface area contributed by atoms with E-state index in [1.54, 1.807) is 0 Å². The van der Waals surface area contributed by atoms with Crippen molar-refractivity contribution in [2.45, 2.75) is 0 Å². The van der Waals surface area contributed by atoms with Crippen LogP contribution in [0.15, 0.2) is 0 Å². The largest absolute Gasteiger partial charge is 0.213 e. The van der Waals surface area contributed by atoms with Crippen LogP contribution in [0.1, 0.15) is 0 Å². The van der Waals surface area contributed by atoms with E-state index in [2.05, 4.69) is 7.05 Å².